The van der Waals surface area contributed by atoms with E-state index in [0.29, 0.717) is 43.3 Å². The molecule has 0 aromatic heterocycles. The standard InChI is InChI=1S/C29H32BrClN2O3/c1-2-17-32-29(35)27(20-22-8-4-3-5-9-22)33(21-23-10-6-11-24(30)19-23)28(34)12-7-18-36-26-15-13-25(31)14-16-26/h3-6,8-11,13-16,19,27H,2,7,12,17-18,20-21H2,1H3,(H,32,35)/t27-/m1/s1. The van der Waals surface area contributed by atoms with Gasteiger partial charge in [-0.2, -0.15) is 0 Å². The van der Waals surface area contributed by atoms with Crippen LogP contribution in [0.4, 0.5) is 0 Å². The van der Waals surface area contributed by atoms with Crippen molar-refractivity contribution < 1.29 is 14.3 Å². The van der Waals surface area contributed by atoms with Crippen molar-refractivity contribution in [3.05, 3.63) is 99.5 Å². The summed E-state index contributed by atoms with van der Waals surface area (Å²) < 4.78 is 6.70. The predicted molar refractivity (Wildman–Crippen MR) is 148 cm³/mol. The van der Waals surface area contributed by atoms with E-state index in [1.165, 1.54) is 0 Å². The maximum atomic E-state index is 13.6. The number of rotatable bonds is 13. The van der Waals surface area contributed by atoms with Gasteiger partial charge in [-0.05, 0) is 60.4 Å². The largest absolute Gasteiger partial charge is 0.494 e. The van der Waals surface area contributed by atoms with E-state index >= 15 is 0 Å². The fourth-order valence-corrected chi connectivity index (χ4v) is 4.41. The lowest BCUT2D eigenvalue weighted by atomic mass is 10.0. The summed E-state index contributed by atoms with van der Waals surface area (Å²) in [5, 5.41) is 3.65. The van der Waals surface area contributed by atoms with Crippen molar-refractivity contribution in [2.24, 2.45) is 0 Å². The Morgan fingerprint density at radius 1 is 1.00 bits per heavy atom. The second-order valence-electron chi connectivity index (χ2n) is 8.55. The number of carbonyl (C=O) groups is 2. The van der Waals surface area contributed by atoms with E-state index < -0.39 is 6.04 Å². The zero-order chi connectivity index (χ0) is 25.8. The summed E-state index contributed by atoms with van der Waals surface area (Å²) >= 11 is 9.44. The highest BCUT2D eigenvalue weighted by Crippen LogP contribution is 2.20. The SMILES string of the molecule is CCCNC(=O)[C@@H](Cc1ccccc1)N(Cc1cccc(Br)c1)C(=O)CCCOc1ccc(Cl)cc1. The van der Waals surface area contributed by atoms with Crippen molar-refractivity contribution in [3.63, 3.8) is 0 Å². The van der Waals surface area contributed by atoms with Crippen LogP contribution in [-0.4, -0.2) is 35.9 Å². The first-order chi connectivity index (χ1) is 17.5. The Bertz CT molecular complexity index is 1110. The molecule has 2 amide bonds. The molecule has 0 saturated carbocycles. The number of hydrogen-bond acceptors (Lipinski definition) is 3. The zero-order valence-corrected chi connectivity index (χ0v) is 22.8. The second kappa shape index (κ2) is 14.7. The van der Waals surface area contributed by atoms with E-state index in [9.17, 15) is 9.59 Å². The molecule has 7 heteroatoms. The molecule has 0 radical (unpaired) electrons. The van der Waals surface area contributed by atoms with Gasteiger partial charge in [0.25, 0.3) is 0 Å². The molecule has 0 saturated heterocycles. The molecule has 1 N–H and O–H groups in total. The monoisotopic (exact) mass is 570 g/mol. The minimum Gasteiger partial charge on any atom is -0.494 e. The van der Waals surface area contributed by atoms with Crippen LogP contribution in [0.5, 0.6) is 5.75 Å². The van der Waals surface area contributed by atoms with Crippen molar-refractivity contribution in [3.8, 4) is 5.75 Å². The molecule has 0 unspecified atom stereocenters. The summed E-state index contributed by atoms with van der Waals surface area (Å²) in [7, 11) is 0. The van der Waals surface area contributed by atoms with Gasteiger partial charge in [-0.25, -0.2) is 0 Å². The Morgan fingerprint density at radius 3 is 2.42 bits per heavy atom. The summed E-state index contributed by atoms with van der Waals surface area (Å²) in [6.07, 6.45) is 2.07. The van der Waals surface area contributed by atoms with Gasteiger partial charge in [0.2, 0.25) is 11.8 Å². The van der Waals surface area contributed by atoms with Crippen molar-refractivity contribution in [2.75, 3.05) is 13.2 Å². The molecule has 3 aromatic carbocycles. The van der Waals surface area contributed by atoms with Crippen LogP contribution in [0.3, 0.4) is 0 Å². The highest BCUT2D eigenvalue weighted by atomic mass is 79.9. The molecule has 5 nitrogen and oxygen atoms in total. The second-order valence-corrected chi connectivity index (χ2v) is 9.91. The van der Waals surface area contributed by atoms with E-state index in [4.69, 9.17) is 16.3 Å². The number of nitrogens with zero attached hydrogens (tertiary/aromatic N) is 1. The Hall–Kier alpha value is -2.83. The third-order valence-corrected chi connectivity index (χ3v) is 6.42. The van der Waals surface area contributed by atoms with Gasteiger partial charge in [0.1, 0.15) is 11.8 Å². The Balaban J connectivity index is 1.77. The van der Waals surface area contributed by atoms with Gasteiger partial charge in [0, 0.05) is 35.4 Å². The lowest BCUT2D eigenvalue weighted by Gasteiger charge is -2.31. The first kappa shape index (κ1) is 27.8. The molecule has 190 valence electrons. The molecule has 0 spiro atoms. The summed E-state index contributed by atoms with van der Waals surface area (Å²) in [5.74, 6) is 0.488. The summed E-state index contributed by atoms with van der Waals surface area (Å²) in [5.41, 5.74) is 1.96. The lowest BCUT2D eigenvalue weighted by molar-refractivity contribution is -0.141. The van der Waals surface area contributed by atoms with Gasteiger partial charge in [-0.15, -0.1) is 0 Å². The highest BCUT2D eigenvalue weighted by Gasteiger charge is 2.30. The van der Waals surface area contributed by atoms with E-state index in [1.54, 1.807) is 29.2 Å². The first-order valence-corrected chi connectivity index (χ1v) is 13.4. The number of ether oxygens (including phenoxy) is 1. The number of hydrogen-bond donors (Lipinski definition) is 1. The minimum atomic E-state index is -0.623. The third kappa shape index (κ3) is 8.99. The average Bonchev–Trinajstić information content (AvgIpc) is 2.88. The predicted octanol–water partition coefficient (Wildman–Crippen LogP) is 6.43. The summed E-state index contributed by atoms with van der Waals surface area (Å²) in [6.45, 7) is 3.31. The Labute approximate surface area is 226 Å². The van der Waals surface area contributed by atoms with Crippen LogP contribution in [0.2, 0.25) is 5.02 Å². The van der Waals surface area contributed by atoms with Gasteiger partial charge in [-0.1, -0.05) is 76.9 Å². The molecular weight excluding hydrogens is 540 g/mol. The van der Waals surface area contributed by atoms with Crippen molar-refractivity contribution in [1.29, 1.82) is 0 Å². The van der Waals surface area contributed by atoms with E-state index in [0.717, 1.165) is 22.0 Å². The molecule has 0 aliphatic rings. The molecule has 0 bridgehead atoms. The zero-order valence-electron chi connectivity index (χ0n) is 20.5. The van der Waals surface area contributed by atoms with Gasteiger partial charge in [0.15, 0.2) is 0 Å². The topological polar surface area (TPSA) is 58.6 Å². The van der Waals surface area contributed by atoms with E-state index in [2.05, 4.69) is 21.2 Å². The van der Waals surface area contributed by atoms with Crippen LogP contribution in [0.1, 0.15) is 37.3 Å². The molecule has 3 rings (SSSR count). The van der Waals surface area contributed by atoms with Crippen LogP contribution in [0.15, 0.2) is 83.3 Å². The van der Waals surface area contributed by atoms with Gasteiger partial charge >= 0.3 is 0 Å². The Morgan fingerprint density at radius 2 is 1.72 bits per heavy atom. The van der Waals surface area contributed by atoms with E-state index in [1.807, 2.05) is 61.5 Å². The van der Waals surface area contributed by atoms with Crippen LogP contribution in [0.25, 0.3) is 0 Å². The minimum absolute atomic E-state index is 0.0812. The molecular formula is C29H32BrClN2O3. The number of nitrogens with one attached hydrogen (secondary N) is 1. The molecule has 36 heavy (non-hydrogen) atoms. The third-order valence-electron chi connectivity index (χ3n) is 5.68. The van der Waals surface area contributed by atoms with Gasteiger partial charge in [0.05, 0.1) is 6.61 Å². The summed E-state index contributed by atoms with van der Waals surface area (Å²) in [4.78, 5) is 28.6. The molecule has 0 aliphatic carbocycles. The van der Waals surface area contributed by atoms with Crippen LogP contribution < -0.4 is 10.1 Å². The molecule has 3 aromatic rings. The smallest absolute Gasteiger partial charge is 0.243 e. The quantitative estimate of drug-likeness (QED) is 0.241. The average molecular weight is 572 g/mol. The maximum Gasteiger partial charge on any atom is 0.243 e. The van der Waals surface area contributed by atoms with E-state index in [-0.39, 0.29) is 18.2 Å². The van der Waals surface area contributed by atoms with Crippen LogP contribution >= 0.6 is 27.5 Å². The number of amides is 2. The number of benzene rings is 3. The number of halogens is 2. The van der Waals surface area contributed by atoms with Gasteiger partial charge in [-0.3, -0.25) is 9.59 Å². The summed E-state index contributed by atoms with van der Waals surface area (Å²) in [6, 6.07) is 24.2. The molecule has 0 fully saturated rings. The van der Waals surface area contributed by atoms with Crippen molar-refractivity contribution in [2.45, 2.75) is 45.2 Å². The van der Waals surface area contributed by atoms with Crippen LogP contribution in [-0.2, 0) is 22.6 Å². The van der Waals surface area contributed by atoms with Gasteiger partial charge < -0.3 is 15.0 Å². The van der Waals surface area contributed by atoms with Crippen molar-refractivity contribution in [1.82, 2.24) is 10.2 Å². The fourth-order valence-electron chi connectivity index (χ4n) is 3.84. The lowest BCUT2D eigenvalue weighted by Crippen LogP contribution is -2.50. The molecule has 1 atom stereocenters. The maximum absolute atomic E-state index is 13.6. The number of carbonyl (C=O) groups excluding carboxylic acids is 2. The van der Waals surface area contributed by atoms with Crippen LogP contribution in [0, 0.1) is 0 Å². The molecule has 0 heterocycles. The normalized spacial score (nSPS) is 11.5. The Kier molecular flexibility index (Phi) is 11.3. The molecule has 0 aliphatic heterocycles. The fraction of sp³-hybridized carbons (Fsp3) is 0.310. The van der Waals surface area contributed by atoms with Crippen molar-refractivity contribution >= 4 is 39.3 Å². The first-order valence-electron chi connectivity index (χ1n) is 12.2. The highest BCUT2D eigenvalue weighted by molar-refractivity contribution is 9.10.